The lowest BCUT2D eigenvalue weighted by atomic mass is 10.0. The van der Waals surface area contributed by atoms with E-state index in [1.807, 2.05) is 31.2 Å². The molecule has 0 unspecified atom stereocenters. The highest BCUT2D eigenvalue weighted by molar-refractivity contribution is 5.96. The number of alkyl halides is 3. The molecule has 0 heterocycles. The molecular formula is C29H30F5N3O3. The van der Waals surface area contributed by atoms with Crippen molar-refractivity contribution in [1.29, 1.82) is 0 Å². The molecule has 2 atom stereocenters. The van der Waals surface area contributed by atoms with E-state index in [9.17, 15) is 36.6 Å². The van der Waals surface area contributed by atoms with Gasteiger partial charge in [-0.15, -0.1) is 0 Å². The number of hydrogen-bond donors (Lipinski definition) is 4. The fourth-order valence-electron chi connectivity index (χ4n) is 4.06. The van der Waals surface area contributed by atoms with Gasteiger partial charge in [0.25, 0.3) is 5.91 Å². The normalized spacial score (nSPS) is 13.0. The first-order chi connectivity index (χ1) is 18.9. The van der Waals surface area contributed by atoms with Crippen molar-refractivity contribution in [2.24, 2.45) is 0 Å². The highest BCUT2D eigenvalue weighted by atomic mass is 19.4. The number of nitrogens with one attached hydrogen (secondary N) is 3. The fraction of sp³-hybridized carbons (Fsp3) is 0.310. The molecule has 0 saturated heterocycles. The lowest BCUT2D eigenvalue weighted by molar-refractivity contribution is -0.137. The van der Waals surface area contributed by atoms with Gasteiger partial charge in [-0.05, 0) is 65.9 Å². The molecule has 3 rings (SSSR count). The van der Waals surface area contributed by atoms with Crippen LogP contribution in [0.4, 0.5) is 22.0 Å². The van der Waals surface area contributed by atoms with E-state index in [1.165, 1.54) is 0 Å². The second-order valence-electron chi connectivity index (χ2n) is 9.29. The van der Waals surface area contributed by atoms with Crippen LogP contribution in [0.25, 0.3) is 0 Å². The number of carbonyl (C=O) groups excluding carboxylic acids is 2. The van der Waals surface area contributed by atoms with Crippen LogP contribution in [-0.2, 0) is 30.4 Å². The van der Waals surface area contributed by atoms with Gasteiger partial charge in [0, 0.05) is 24.7 Å². The number of aliphatic hydroxyl groups is 1. The summed E-state index contributed by atoms with van der Waals surface area (Å²) in [7, 11) is 0. The van der Waals surface area contributed by atoms with Crippen molar-refractivity contribution in [1.82, 2.24) is 16.0 Å². The number of aryl methyl sites for hydroxylation is 1. The summed E-state index contributed by atoms with van der Waals surface area (Å²) in [6, 6.07) is 13.3. The molecule has 214 valence electrons. The van der Waals surface area contributed by atoms with Crippen LogP contribution < -0.4 is 16.0 Å². The zero-order valence-corrected chi connectivity index (χ0v) is 21.7. The molecule has 0 fully saturated rings. The Morgan fingerprint density at radius 2 is 1.55 bits per heavy atom. The third kappa shape index (κ3) is 9.42. The van der Waals surface area contributed by atoms with Crippen LogP contribution in [0.3, 0.4) is 0 Å². The molecule has 0 radical (unpaired) electrons. The van der Waals surface area contributed by atoms with Gasteiger partial charge in [0.15, 0.2) is 0 Å². The van der Waals surface area contributed by atoms with Crippen LogP contribution in [0.15, 0.2) is 66.7 Å². The van der Waals surface area contributed by atoms with Gasteiger partial charge in [-0.1, -0.05) is 31.2 Å². The predicted octanol–water partition coefficient (Wildman–Crippen LogP) is 4.15. The van der Waals surface area contributed by atoms with Crippen LogP contribution in [-0.4, -0.2) is 42.2 Å². The summed E-state index contributed by atoms with van der Waals surface area (Å²) in [6.45, 7) is 1.96. The van der Waals surface area contributed by atoms with Gasteiger partial charge < -0.3 is 21.1 Å². The molecule has 2 amide bonds. The van der Waals surface area contributed by atoms with Crippen molar-refractivity contribution >= 4 is 11.8 Å². The summed E-state index contributed by atoms with van der Waals surface area (Å²) in [4.78, 5) is 24.9. The van der Waals surface area contributed by atoms with Gasteiger partial charge in [-0.3, -0.25) is 9.59 Å². The Labute approximate surface area is 228 Å². The zero-order valence-electron chi connectivity index (χ0n) is 21.7. The summed E-state index contributed by atoms with van der Waals surface area (Å²) in [6.07, 6.45) is -4.97. The molecule has 4 N–H and O–H groups in total. The topological polar surface area (TPSA) is 90.5 Å². The monoisotopic (exact) mass is 563 g/mol. The van der Waals surface area contributed by atoms with Crippen molar-refractivity contribution in [3.05, 3.63) is 106 Å². The zero-order chi connectivity index (χ0) is 29.3. The van der Waals surface area contributed by atoms with Crippen LogP contribution >= 0.6 is 0 Å². The first-order valence-electron chi connectivity index (χ1n) is 12.6. The second-order valence-corrected chi connectivity index (χ2v) is 9.29. The van der Waals surface area contributed by atoms with Crippen LogP contribution in [0.1, 0.15) is 39.5 Å². The predicted molar refractivity (Wildman–Crippen MR) is 139 cm³/mol. The number of aliphatic hydroxyl groups excluding tert-OH is 1. The second kappa shape index (κ2) is 14.0. The number of amides is 2. The maximum absolute atomic E-state index is 13.7. The molecule has 40 heavy (non-hydrogen) atoms. The smallest absolute Gasteiger partial charge is 0.390 e. The van der Waals surface area contributed by atoms with E-state index in [1.54, 1.807) is 0 Å². The van der Waals surface area contributed by atoms with Crippen LogP contribution in [0, 0.1) is 11.6 Å². The summed E-state index contributed by atoms with van der Waals surface area (Å²) < 4.78 is 65.7. The van der Waals surface area contributed by atoms with Crippen molar-refractivity contribution < 1.29 is 36.6 Å². The first kappa shape index (κ1) is 30.7. The van der Waals surface area contributed by atoms with Crippen molar-refractivity contribution in [3.63, 3.8) is 0 Å². The standard InChI is InChI=1S/C29H30F5N3O3/c1-2-18-4-3-5-19(10-18)15-35-16-26(38)25(13-20-11-23(30)14-24(31)12-20)37-27(39)17-36-28(40)21-6-8-22(9-7-21)29(32,33)34/h3-12,14,25-26,35,38H,2,13,15-17H2,1H3,(H,36,40)(H,37,39)/t25-,26+/m1/s1. The molecule has 3 aromatic rings. The van der Waals surface area contributed by atoms with Crippen molar-refractivity contribution in [2.75, 3.05) is 13.1 Å². The maximum Gasteiger partial charge on any atom is 0.416 e. The van der Waals surface area contributed by atoms with E-state index >= 15 is 0 Å². The third-order valence-corrected chi connectivity index (χ3v) is 6.15. The summed E-state index contributed by atoms with van der Waals surface area (Å²) >= 11 is 0. The van der Waals surface area contributed by atoms with Gasteiger partial charge >= 0.3 is 6.18 Å². The molecule has 0 aliphatic rings. The Kier molecular flexibility index (Phi) is 10.7. The highest BCUT2D eigenvalue weighted by Gasteiger charge is 2.30. The molecule has 0 aliphatic carbocycles. The number of benzene rings is 3. The van der Waals surface area contributed by atoms with Crippen LogP contribution in [0.5, 0.6) is 0 Å². The Balaban J connectivity index is 1.62. The molecule has 11 heteroatoms. The molecule has 0 aromatic heterocycles. The Morgan fingerprint density at radius 3 is 2.17 bits per heavy atom. The minimum absolute atomic E-state index is 0.0387. The molecule has 3 aromatic carbocycles. The average molecular weight is 564 g/mol. The largest absolute Gasteiger partial charge is 0.416 e. The quantitative estimate of drug-likeness (QED) is 0.249. The minimum Gasteiger partial charge on any atom is -0.390 e. The Bertz CT molecular complexity index is 1280. The van der Waals surface area contributed by atoms with Gasteiger partial charge in [-0.2, -0.15) is 13.2 Å². The molecule has 6 nitrogen and oxygen atoms in total. The summed E-state index contributed by atoms with van der Waals surface area (Å²) in [5.41, 5.74) is 1.34. The molecular weight excluding hydrogens is 533 g/mol. The third-order valence-electron chi connectivity index (χ3n) is 6.15. The molecule has 0 aliphatic heterocycles. The fourth-order valence-corrected chi connectivity index (χ4v) is 4.06. The van der Waals surface area contributed by atoms with E-state index in [0.717, 1.165) is 53.9 Å². The van der Waals surface area contributed by atoms with E-state index in [0.29, 0.717) is 12.6 Å². The van der Waals surface area contributed by atoms with Gasteiger partial charge in [-0.25, -0.2) is 8.78 Å². The number of hydrogen-bond acceptors (Lipinski definition) is 4. The maximum atomic E-state index is 13.7. The Morgan fingerprint density at radius 1 is 0.900 bits per heavy atom. The lowest BCUT2D eigenvalue weighted by Gasteiger charge is -2.25. The summed E-state index contributed by atoms with van der Waals surface area (Å²) in [5, 5.41) is 18.8. The Hall–Kier alpha value is -3.83. The SMILES string of the molecule is CCc1cccc(CNC[C@H](O)[C@@H](Cc2cc(F)cc(F)c2)NC(=O)CNC(=O)c2ccc(C(F)(F)F)cc2)c1. The lowest BCUT2D eigenvalue weighted by Crippen LogP contribution is -2.51. The minimum atomic E-state index is -4.55. The van der Waals surface area contributed by atoms with E-state index in [4.69, 9.17) is 0 Å². The molecule has 0 bridgehead atoms. The van der Waals surface area contributed by atoms with Crippen LogP contribution in [0.2, 0.25) is 0 Å². The van der Waals surface area contributed by atoms with E-state index in [-0.39, 0.29) is 24.1 Å². The first-order valence-corrected chi connectivity index (χ1v) is 12.6. The van der Waals surface area contributed by atoms with Gasteiger partial charge in [0.2, 0.25) is 5.91 Å². The average Bonchev–Trinajstić information content (AvgIpc) is 2.90. The molecule has 0 spiro atoms. The summed E-state index contributed by atoms with van der Waals surface area (Å²) in [5.74, 6) is -3.11. The number of carbonyl (C=O) groups is 2. The van der Waals surface area contributed by atoms with Crippen molar-refractivity contribution in [3.8, 4) is 0 Å². The number of rotatable bonds is 12. The van der Waals surface area contributed by atoms with E-state index < -0.39 is 53.9 Å². The van der Waals surface area contributed by atoms with Crippen molar-refractivity contribution in [2.45, 2.75) is 44.6 Å². The van der Waals surface area contributed by atoms with Gasteiger partial charge in [0.1, 0.15) is 11.6 Å². The van der Waals surface area contributed by atoms with Gasteiger partial charge in [0.05, 0.1) is 24.3 Å². The highest BCUT2D eigenvalue weighted by Crippen LogP contribution is 2.29. The molecule has 0 saturated carbocycles. The van der Waals surface area contributed by atoms with E-state index in [2.05, 4.69) is 16.0 Å². The number of halogens is 5.